The molecule has 0 fully saturated rings. The van der Waals surface area contributed by atoms with Gasteiger partial charge in [-0.05, 0) is 31.4 Å². The van der Waals surface area contributed by atoms with Crippen LogP contribution in [-0.2, 0) is 11.2 Å². The van der Waals surface area contributed by atoms with Crippen molar-refractivity contribution in [2.45, 2.75) is 34.1 Å². The third-order valence-electron chi connectivity index (χ3n) is 2.74. The second kappa shape index (κ2) is 4.20. The van der Waals surface area contributed by atoms with Crippen LogP contribution in [0.2, 0.25) is 0 Å². The number of imidazole rings is 1. The van der Waals surface area contributed by atoms with Crippen molar-refractivity contribution < 1.29 is 4.79 Å². The maximum absolute atomic E-state index is 11.2. The Bertz CT molecular complexity index is 584. The molecule has 0 atom stereocenters. The molecule has 0 aliphatic carbocycles. The molecule has 0 aliphatic heterocycles. The number of hydrogen-bond donors (Lipinski definition) is 1. The first-order valence-corrected chi connectivity index (χ1v) is 5.78. The van der Waals surface area contributed by atoms with Gasteiger partial charge in [0.05, 0.1) is 5.69 Å². The number of amides is 1. The van der Waals surface area contributed by atoms with Crippen LogP contribution in [-0.4, -0.2) is 15.3 Å². The number of hydrogen-bond acceptors (Lipinski definition) is 2. The van der Waals surface area contributed by atoms with Gasteiger partial charge in [-0.3, -0.25) is 9.20 Å². The van der Waals surface area contributed by atoms with E-state index in [-0.39, 0.29) is 5.91 Å². The topological polar surface area (TPSA) is 46.4 Å². The standard InChI is InChI=1S/C13H17N3O/c1-5-11-13(14-10(4)17)16-7-8(2)6-9(3)12(16)15-11/h6-7H,5H2,1-4H3,(H,14,17). The molecule has 0 spiro atoms. The van der Waals surface area contributed by atoms with E-state index < -0.39 is 0 Å². The Hall–Kier alpha value is -1.84. The van der Waals surface area contributed by atoms with E-state index in [0.717, 1.165) is 34.7 Å². The van der Waals surface area contributed by atoms with Gasteiger partial charge in [-0.2, -0.15) is 0 Å². The molecule has 2 rings (SSSR count). The predicted octanol–water partition coefficient (Wildman–Crippen LogP) is 2.47. The van der Waals surface area contributed by atoms with Crippen molar-refractivity contribution in [3.63, 3.8) is 0 Å². The van der Waals surface area contributed by atoms with Gasteiger partial charge in [-0.15, -0.1) is 0 Å². The number of aryl methyl sites for hydroxylation is 3. The molecule has 2 heterocycles. The Morgan fingerprint density at radius 2 is 2.18 bits per heavy atom. The lowest BCUT2D eigenvalue weighted by Crippen LogP contribution is -2.10. The molecule has 4 nitrogen and oxygen atoms in total. The summed E-state index contributed by atoms with van der Waals surface area (Å²) in [5, 5.41) is 2.86. The highest BCUT2D eigenvalue weighted by molar-refractivity contribution is 5.89. The summed E-state index contributed by atoms with van der Waals surface area (Å²) >= 11 is 0. The van der Waals surface area contributed by atoms with E-state index in [4.69, 9.17) is 0 Å². The fourth-order valence-corrected chi connectivity index (χ4v) is 2.08. The SMILES string of the molecule is CCc1nc2c(C)cc(C)cn2c1NC(C)=O. The number of carbonyl (C=O) groups excluding carboxylic acids is 1. The Balaban J connectivity index is 2.73. The highest BCUT2D eigenvalue weighted by Gasteiger charge is 2.13. The largest absolute Gasteiger partial charge is 0.310 e. The highest BCUT2D eigenvalue weighted by Crippen LogP contribution is 2.22. The summed E-state index contributed by atoms with van der Waals surface area (Å²) < 4.78 is 1.96. The van der Waals surface area contributed by atoms with Crippen LogP contribution >= 0.6 is 0 Å². The molecule has 0 radical (unpaired) electrons. The minimum absolute atomic E-state index is 0.0688. The van der Waals surface area contributed by atoms with Crippen LogP contribution in [0, 0.1) is 13.8 Å². The summed E-state index contributed by atoms with van der Waals surface area (Å²) in [5.74, 6) is 0.724. The number of fused-ring (bicyclic) bond motifs is 1. The first-order chi connectivity index (χ1) is 8.02. The fraction of sp³-hybridized carbons (Fsp3) is 0.385. The lowest BCUT2D eigenvalue weighted by atomic mass is 10.2. The number of aromatic nitrogens is 2. The van der Waals surface area contributed by atoms with Gasteiger partial charge in [0, 0.05) is 13.1 Å². The van der Waals surface area contributed by atoms with Gasteiger partial charge in [0.15, 0.2) is 0 Å². The van der Waals surface area contributed by atoms with Crippen LogP contribution in [0.1, 0.15) is 30.7 Å². The van der Waals surface area contributed by atoms with E-state index in [1.54, 1.807) is 0 Å². The third kappa shape index (κ3) is 2.02. The molecule has 0 aromatic carbocycles. The highest BCUT2D eigenvalue weighted by atomic mass is 16.1. The molecule has 17 heavy (non-hydrogen) atoms. The number of anilines is 1. The molecule has 1 N–H and O–H groups in total. The van der Waals surface area contributed by atoms with Crippen LogP contribution in [0.25, 0.3) is 5.65 Å². The van der Waals surface area contributed by atoms with Gasteiger partial charge in [-0.25, -0.2) is 4.98 Å². The summed E-state index contributed by atoms with van der Waals surface area (Å²) in [4.78, 5) is 15.8. The second-order valence-corrected chi connectivity index (χ2v) is 4.34. The zero-order valence-corrected chi connectivity index (χ0v) is 10.7. The summed E-state index contributed by atoms with van der Waals surface area (Å²) in [6, 6.07) is 2.10. The van der Waals surface area contributed by atoms with Gasteiger partial charge in [0.2, 0.25) is 5.91 Å². The summed E-state index contributed by atoms with van der Waals surface area (Å²) in [6.45, 7) is 7.62. The van der Waals surface area contributed by atoms with Crippen molar-refractivity contribution in [2.24, 2.45) is 0 Å². The van der Waals surface area contributed by atoms with Gasteiger partial charge in [-0.1, -0.05) is 13.0 Å². The molecule has 1 amide bonds. The van der Waals surface area contributed by atoms with Crippen molar-refractivity contribution in [3.8, 4) is 0 Å². The van der Waals surface area contributed by atoms with E-state index in [9.17, 15) is 4.79 Å². The molecule has 0 aliphatic rings. The number of nitrogens with one attached hydrogen (secondary N) is 1. The number of rotatable bonds is 2. The molecule has 0 saturated carbocycles. The van der Waals surface area contributed by atoms with E-state index >= 15 is 0 Å². The van der Waals surface area contributed by atoms with Crippen LogP contribution in [0.15, 0.2) is 12.3 Å². The first kappa shape index (κ1) is 11.6. The molecular weight excluding hydrogens is 214 g/mol. The average Bonchev–Trinajstić information content (AvgIpc) is 2.56. The van der Waals surface area contributed by atoms with Gasteiger partial charge in [0.1, 0.15) is 11.5 Å². The predicted molar refractivity (Wildman–Crippen MR) is 68.3 cm³/mol. The number of pyridine rings is 1. The van der Waals surface area contributed by atoms with Gasteiger partial charge >= 0.3 is 0 Å². The Kier molecular flexibility index (Phi) is 2.88. The van der Waals surface area contributed by atoms with Gasteiger partial charge in [0.25, 0.3) is 0 Å². The van der Waals surface area contributed by atoms with Crippen molar-refractivity contribution in [1.29, 1.82) is 0 Å². The average molecular weight is 231 g/mol. The molecule has 0 unspecified atom stereocenters. The van der Waals surface area contributed by atoms with E-state index in [1.807, 2.05) is 31.4 Å². The second-order valence-electron chi connectivity index (χ2n) is 4.34. The molecule has 0 saturated heterocycles. The lowest BCUT2D eigenvalue weighted by Gasteiger charge is -2.06. The van der Waals surface area contributed by atoms with Crippen molar-refractivity contribution >= 4 is 17.4 Å². The van der Waals surface area contributed by atoms with E-state index in [0.29, 0.717) is 0 Å². The molecule has 2 aromatic heterocycles. The fourth-order valence-electron chi connectivity index (χ4n) is 2.08. The van der Waals surface area contributed by atoms with E-state index in [1.165, 1.54) is 6.92 Å². The monoisotopic (exact) mass is 231 g/mol. The third-order valence-corrected chi connectivity index (χ3v) is 2.74. The molecule has 90 valence electrons. The maximum atomic E-state index is 11.2. The van der Waals surface area contributed by atoms with Crippen LogP contribution in [0.3, 0.4) is 0 Å². The first-order valence-electron chi connectivity index (χ1n) is 5.78. The quantitative estimate of drug-likeness (QED) is 0.863. The Morgan fingerprint density at radius 1 is 1.47 bits per heavy atom. The minimum Gasteiger partial charge on any atom is -0.310 e. The van der Waals surface area contributed by atoms with Crippen molar-refractivity contribution in [1.82, 2.24) is 9.38 Å². The molecule has 0 bridgehead atoms. The molecule has 4 heteroatoms. The minimum atomic E-state index is -0.0688. The van der Waals surface area contributed by atoms with Crippen LogP contribution in [0.4, 0.5) is 5.82 Å². The Morgan fingerprint density at radius 3 is 2.76 bits per heavy atom. The molecular formula is C13H17N3O. The van der Waals surface area contributed by atoms with Crippen molar-refractivity contribution in [2.75, 3.05) is 5.32 Å². The van der Waals surface area contributed by atoms with Crippen molar-refractivity contribution in [3.05, 3.63) is 29.1 Å². The zero-order valence-electron chi connectivity index (χ0n) is 10.7. The van der Waals surface area contributed by atoms with E-state index in [2.05, 4.69) is 16.4 Å². The maximum Gasteiger partial charge on any atom is 0.222 e. The molecule has 2 aromatic rings. The Labute approximate surface area is 101 Å². The zero-order chi connectivity index (χ0) is 12.6. The summed E-state index contributed by atoms with van der Waals surface area (Å²) in [7, 11) is 0. The summed E-state index contributed by atoms with van der Waals surface area (Å²) in [5.41, 5.74) is 4.11. The summed E-state index contributed by atoms with van der Waals surface area (Å²) in [6.07, 6.45) is 2.80. The smallest absolute Gasteiger partial charge is 0.222 e. The van der Waals surface area contributed by atoms with Crippen LogP contribution in [0.5, 0.6) is 0 Å². The normalized spacial score (nSPS) is 10.8. The van der Waals surface area contributed by atoms with Crippen LogP contribution < -0.4 is 5.32 Å². The number of carbonyl (C=O) groups is 1. The van der Waals surface area contributed by atoms with Gasteiger partial charge < -0.3 is 5.32 Å². The number of nitrogens with zero attached hydrogens (tertiary/aromatic N) is 2. The lowest BCUT2D eigenvalue weighted by molar-refractivity contribution is -0.114.